The van der Waals surface area contributed by atoms with Crippen molar-refractivity contribution in [2.24, 2.45) is 11.7 Å². The molecule has 1 amide bonds. The molecule has 2 aliphatic rings. The zero-order valence-corrected chi connectivity index (χ0v) is 17.3. The summed E-state index contributed by atoms with van der Waals surface area (Å²) >= 11 is 1.41. The van der Waals surface area contributed by atoms with Crippen LogP contribution < -0.4 is 40.4 Å². The van der Waals surface area contributed by atoms with Crippen molar-refractivity contribution in [2.45, 2.75) is 42.5 Å². The predicted octanol–water partition coefficient (Wildman–Crippen LogP) is -2.92. The molecule has 4 atom stereocenters. The van der Waals surface area contributed by atoms with E-state index in [4.69, 9.17) is 5.73 Å². The van der Waals surface area contributed by atoms with Crippen LogP contribution in [0.1, 0.15) is 31.9 Å². The van der Waals surface area contributed by atoms with Crippen LogP contribution in [0.2, 0.25) is 0 Å². The normalized spacial score (nSPS) is 27.7. The van der Waals surface area contributed by atoms with Gasteiger partial charge in [0.1, 0.15) is 0 Å². The number of carbonyl (C=O) groups excluding carboxylic acids is 3. The van der Waals surface area contributed by atoms with Crippen molar-refractivity contribution in [1.29, 1.82) is 0 Å². The second-order valence-electron chi connectivity index (χ2n) is 6.74. The van der Waals surface area contributed by atoms with Gasteiger partial charge in [-0.1, -0.05) is 30.3 Å². The maximum atomic E-state index is 12.4. The molecule has 25 heavy (non-hydrogen) atoms. The molecule has 2 fully saturated rings. The number of thioether (sulfide) groups is 1. The zero-order valence-electron chi connectivity index (χ0n) is 14.5. The number of Topliss-reactive ketones (excluding diaryl/α,β-unsaturated/α-hetero) is 1. The minimum atomic E-state index is -1.26. The standard InChI is InChI=1S/C17H20N2O4S.Na/c1-17(2)13(16(22)23)19-14(21)10(15(19)24-17)8-11(20)12(18)9-6-4-3-5-7-9;/h3-7,10,12-13,15H,8,18H2,1-2H3,(H,22,23);/q;+1/p-1/t10-,12-,13+,15-;/m1./s1. The molecule has 1 aromatic rings. The van der Waals surface area contributed by atoms with E-state index >= 15 is 0 Å². The number of fused-ring (bicyclic) bond motifs is 1. The van der Waals surface area contributed by atoms with Gasteiger partial charge in [0.25, 0.3) is 0 Å². The number of carboxylic acid groups (broad SMARTS) is 1. The van der Waals surface area contributed by atoms with E-state index in [1.54, 1.807) is 38.1 Å². The summed E-state index contributed by atoms with van der Waals surface area (Å²) in [4.78, 5) is 37.5. The Labute approximate surface area is 172 Å². The first-order valence-electron chi connectivity index (χ1n) is 7.78. The summed E-state index contributed by atoms with van der Waals surface area (Å²) in [6.07, 6.45) is 0.0267. The first-order valence-corrected chi connectivity index (χ1v) is 8.66. The van der Waals surface area contributed by atoms with Crippen molar-refractivity contribution in [3.05, 3.63) is 35.9 Å². The van der Waals surface area contributed by atoms with Crippen LogP contribution in [0.4, 0.5) is 0 Å². The number of amides is 1. The van der Waals surface area contributed by atoms with Gasteiger partial charge in [0, 0.05) is 11.2 Å². The molecule has 8 heteroatoms. The third-order valence-electron chi connectivity index (χ3n) is 4.70. The van der Waals surface area contributed by atoms with Crippen LogP contribution in [0, 0.1) is 5.92 Å². The van der Waals surface area contributed by atoms with E-state index in [9.17, 15) is 19.5 Å². The fourth-order valence-corrected chi connectivity index (χ4v) is 5.13. The molecule has 0 radical (unpaired) electrons. The minimum absolute atomic E-state index is 0. The molecule has 0 aromatic heterocycles. The molecular weight excluding hydrogens is 351 g/mol. The molecule has 0 spiro atoms. The van der Waals surface area contributed by atoms with Crippen molar-refractivity contribution >= 4 is 29.4 Å². The molecule has 0 bridgehead atoms. The second kappa shape index (κ2) is 7.40. The summed E-state index contributed by atoms with van der Waals surface area (Å²) in [7, 11) is 0. The molecule has 0 aliphatic carbocycles. The number of nitrogens with zero attached hydrogens (tertiary/aromatic N) is 1. The maximum absolute atomic E-state index is 12.4. The quantitative estimate of drug-likeness (QED) is 0.440. The fourth-order valence-electron chi connectivity index (χ4n) is 3.45. The largest absolute Gasteiger partial charge is 1.00 e. The second-order valence-corrected chi connectivity index (χ2v) is 8.52. The first kappa shape index (κ1) is 20.5. The van der Waals surface area contributed by atoms with E-state index in [1.807, 2.05) is 6.07 Å². The van der Waals surface area contributed by atoms with Gasteiger partial charge in [-0.3, -0.25) is 9.59 Å². The van der Waals surface area contributed by atoms with Gasteiger partial charge < -0.3 is 20.5 Å². The summed E-state index contributed by atoms with van der Waals surface area (Å²) < 4.78 is -0.640. The zero-order chi connectivity index (χ0) is 17.6. The van der Waals surface area contributed by atoms with Crippen LogP contribution in [0.15, 0.2) is 30.3 Å². The molecule has 2 heterocycles. The SMILES string of the molecule is CC1(C)S[C@@H]2[C@H](CC(=O)[C@H](N)c3ccccc3)C(=O)N2[C@H]1C(=O)[O-].[Na+]. The van der Waals surface area contributed by atoms with Gasteiger partial charge >= 0.3 is 29.6 Å². The smallest absolute Gasteiger partial charge is 0.548 e. The van der Waals surface area contributed by atoms with Crippen LogP contribution in [0.25, 0.3) is 0 Å². The van der Waals surface area contributed by atoms with Crippen molar-refractivity contribution < 1.29 is 49.0 Å². The third-order valence-corrected chi connectivity index (χ3v) is 6.33. The van der Waals surface area contributed by atoms with Crippen LogP contribution >= 0.6 is 11.8 Å². The Balaban J connectivity index is 0.00000225. The van der Waals surface area contributed by atoms with E-state index in [2.05, 4.69) is 0 Å². The fraction of sp³-hybridized carbons (Fsp3) is 0.471. The minimum Gasteiger partial charge on any atom is -0.548 e. The maximum Gasteiger partial charge on any atom is 1.00 e. The number of benzene rings is 1. The van der Waals surface area contributed by atoms with Crippen LogP contribution in [0.3, 0.4) is 0 Å². The Morgan fingerprint density at radius 3 is 2.48 bits per heavy atom. The molecule has 1 aromatic carbocycles. The monoisotopic (exact) mass is 370 g/mol. The first-order chi connectivity index (χ1) is 11.2. The summed E-state index contributed by atoms with van der Waals surface area (Å²) in [6.45, 7) is 3.55. The number of hydrogen-bond donors (Lipinski definition) is 1. The molecule has 2 N–H and O–H groups in total. The average molecular weight is 370 g/mol. The van der Waals surface area contributed by atoms with E-state index in [1.165, 1.54) is 16.7 Å². The van der Waals surface area contributed by atoms with E-state index in [0.29, 0.717) is 5.56 Å². The van der Waals surface area contributed by atoms with Crippen LogP contribution in [-0.2, 0) is 14.4 Å². The van der Waals surface area contributed by atoms with E-state index in [-0.39, 0.29) is 53.0 Å². The number of rotatable bonds is 5. The summed E-state index contributed by atoms with van der Waals surface area (Å²) in [5.41, 5.74) is 6.70. The van der Waals surface area contributed by atoms with Gasteiger partial charge in [0.2, 0.25) is 5.91 Å². The molecule has 128 valence electrons. The molecule has 0 saturated carbocycles. The summed E-state index contributed by atoms with van der Waals surface area (Å²) in [5.74, 6) is -2.29. The summed E-state index contributed by atoms with van der Waals surface area (Å²) in [6, 6.07) is 7.26. The van der Waals surface area contributed by atoms with Crippen molar-refractivity contribution in [3.63, 3.8) is 0 Å². The predicted molar refractivity (Wildman–Crippen MR) is 87.6 cm³/mol. The molecular formula is C17H19N2NaO4S. The Bertz CT molecular complexity index is 697. The number of hydrogen-bond acceptors (Lipinski definition) is 6. The van der Waals surface area contributed by atoms with Crippen molar-refractivity contribution in [1.82, 2.24) is 4.90 Å². The van der Waals surface area contributed by atoms with Gasteiger partial charge in [0.15, 0.2) is 5.78 Å². The Morgan fingerprint density at radius 2 is 1.92 bits per heavy atom. The van der Waals surface area contributed by atoms with Gasteiger partial charge in [-0.15, -0.1) is 11.8 Å². The van der Waals surface area contributed by atoms with Crippen molar-refractivity contribution in [3.8, 4) is 0 Å². The molecule has 2 saturated heterocycles. The molecule has 2 aliphatic heterocycles. The van der Waals surface area contributed by atoms with Gasteiger partial charge in [-0.2, -0.15) is 0 Å². The van der Waals surface area contributed by atoms with Crippen LogP contribution in [0.5, 0.6) is 0 Å². The van der Waals surface area contributed by atoms with Crippen molar-refractivity contribution in [2.75, 3.05) is 0 Å². The van der Waals surface area contributed by atoms with E-state index in [0.717, 1.165) is 0 Å². The Morgan fingerprint density at radius 1 is 1.32 bits per heavy atom. The van der Waals surface area contributed by atoms with Gasteiger partial charge in [-0.05, 0) is 19.4 Å². The average Bonchev–Trinajstić information content (AvgIpc) is 2.80. The number of carboxylic acids is 1. The van der Waals surface area contributed by atoms with Crippen LogP contribution in [-0.4, -0.2) is 38.7 Å². The number of aliphatic carboxylic acids is 1. The number of ketones is 1. The number of nitrogens with two attached hydrogens (primary N) is 1. The summed E-state index contributed by atoms with van der Waals surface area (Å²) in [5, 5.41) is 11.1. The van der Waals surface area contributed by atoms with E-state index < -0.39 is 28.7 Å². The van der Waals surface area contributed by atoms with Gasteiger partial charge in [0.05, 0.1) is 29.3 Å². The number of β-lactam (4-membered cyclic amide) rings is 1. The van der Waals surface area contributed by atoms with Gasteiger partial charge in [-0.25, -0.2) is 0 Å². The Kier molecular flexibility index (Phi) is 6.06. The third kappa shape index (κ3) is 3.53. The topological polar surface area (TPSA) is 104 Å². The number of carbonyl (C=O) groups is 3. The molecule has 6 nitrogen and oxygen atoms in total. The molecule has 3 rings (SSSR count). The molecule has 0 unspecified atom stereocenters. The Hall–Kier alpha value is -0.860.